The van der Waals surface area contributed by atoms with Crippen LogP contribution in [0.2, 0.25) is 0 Å². The van der Waals surface area contributed by atoms with Gasteiger partial charge in [-0.2, -0.15) is 0 Å². The van der Waals surface area contributed by atoms with E-state index in [0.717, 1.165) is 18.7 Å². The first-order valence-corrected chi connectivity index (χ1v) is 8.96. The summed E-state index contributed by atoms with van der Waals surface area (Å²) in [6, 6.07) is 15.1. The maximum Gasteiger partial charge on any atom is 0.262 e. The predicted molar refractivity (Wildman–Crippen MR) is 103 cm³/mol. The second-order valence-electron chi connectivity index (χ2n) is 6.76. The molecule has 5 heteroatoms. The largest absolute Gasteiger partial charge is 0.484 e. The van der Waals surface area contributed by atoms with Gasteiger partial charge in [-0.3, -0.25) is 9.59 Å². The number of hydrogen-bond acceptors (Lipinski definition) is 3. The highest BCUT2D eigenvalue weighted by Crippen LogP contribution is 2.23. The first-order valence-electron chi connectivity index (χ1n) is 8.96. The lowest BCUT2D eigenvalue weighted by molar-refractivity contribution is -0.118. The van der Waals surface area contributed by atoms with Crippen LogP contribution in [0.5, 0.6) is 5.75 Å². The Morgan fingerprint density at radius 3 is 2.62 bits per heavy atom. The summed E-state index contributed by atoms with van der Waals surface area (Å²) in [6.07, 6.45) is 1.50. The van der Waals surface area contributed by atoms with Crippen molar-refractivity contribution in [3.63, 3.8) is 0 Å². The van der Waals surface area contributed by atoms with Crippen LogP contribution in [0.3, 0.4) is 0 Å². The average Bonchev–Trinajstić information content (AvgIpc) is 3.07. The quantitative estimate of drug-likeness (QED) is 0.856. The minimum Gasteiger partial charge on any atom is -0.484 e. The summed E-state index contributed by atoms with van der Waals surface area (Å²) < 4.78 is 5.58. The lowest BCUT2D eigenvalue weighted by Gasteiger charge is -2.16. The highest BCUT2D eigenvalue weighted by molar-refractivity contribution is 5.96. The predicted octanol–water partition coefficient (Wildman–Crippen LogP) is 3.95. The third-order valence-corrected chi connectivity index (χ3v) is 4.43. The van der Waals surface area contributed by atoms with E-state index >= 15 is 0 Å². The highest BCUT2D eigenvalue weighted by atomic mass is 16.5. The molecule has 2 amide bonds. The summed E-state index contributed by atoms with van der Waals surface area (Å²) in [5, 5.41) is 2.81. The fraction of sp³-hybridized carbons (Fsp3) is 0.333. The molecule has 1 fully saturated rings. The van der Waals surface area contributed by atoms with Crippen molar-refractivity contribution >= 4 is 23.2 Å². The zero-order valence-corrected chi connectivity index (χ0v) is 15.2. The molecule has 0 atom stereocenters. The fourth-order valence-electron chi connectivity index (χ4n) is 2.96. The lowest BCUT2D eigenvalue weighted by atomic mass is 10.0. The molecular weight excluding hydrogens is 328 g/mol. The molecule has 136 valence electrons. The maximum absolute atomic E-state index is 12.1. The molecule has 0 radical (unpaired) electrons. The van der Waals surface area contributed by atoms with Crippen molar-refractivity contribution in [2.45, 2.75) is 32.6 Å². The Balaban J connectivity index is 1.53. The Morgan fingerprint density at radius 2 is 1.96 bits per heavy atom. The van der Waals surface area contributed by atoms with Crippen LogP contribution < -0.4 is 15.0 Å². The van der Waals surface area contributed by atoms with E-state index in [9.17, 15) is 9.59 Å². The Bertz CT molecular complexity index is 784. The minimum absolute atomic E-state index is 0.0477. The number of carbonyl (C=O) groups excluding carboxylic acids is 2. The third-order valence-electron chi connectivity index (χ3n) is 4.43. The third kappa shape index (κ3) is 4.42. The van der Waals surface area contributed by atoms with Gasteiger partial charge >= 0.3 is 0 Å². The summed E-state index contributed by atoms with van der Waals surface area (Å²) in [7, 11) is 0. The van der Waals surface area contributed by atoms with Gasteiger partial charge in [0.1, 0.15) is 5.75 Å². The summed E-state index contributed by atoms with van der Waals surface area (Å²) in [5.74, 6) is 1.03. The van der Waals surface area contributed by atoms with E-state index < -0.39 is 0 Å². The number of rotatable bonds is 6. The molecule has 0 aromatic heterocycles. The second-order valence-corrected chi connectivity index (χ2v) is 6.76. The van der Waals surface area contributed by atoms with E-state index in [2.05, 4.69) is 19.2 Å². The molecule has 2 aromatic rings. The molecule has 0 spiro atoms. The Morgan fingerprint density at radius 1 is 1.19 bits per heavy atom. The van der Waals surface area contributed by atoms with Crippen LogP contribution in [0.25, 0.3) is 0 Å². The van der Waals surface area contributed by atoms with E-state index in [-0.39, 0.29) is 18.4 Å². The number of benzene rings is 2. The minimum atomic E-state index is -0.218. The van der Waals surface area contributed by atoms with Crippen LogP contribution in [0, 0.1) is 0 Å². The van der Waals surface area contributed by atoms with Gasteiger partial charge in [-0.05, 0) is 54.3 Å². The van der Waals surface area contributed by atoms with Crippen molar-refractivity contribution in [3.8, 4) is 5.75 Å². The van der Waals surface area contributed by atoms with Crippen molar-refractivity contribution in [1.82, 2.24) is 0 Å². The van der Waals surface area contributed by atoms with E-state index in [1.165, 1.54) is 5.56 Å². The number of ether oxygens (including phenoxy) is 1. The molecule has 0 aliphatic carbocycles. The molecule has 1 aliphatic heterocycles. The Kier molecular flexibility index (Phi) is 5.56. The molecule has 1 heterocycles. The lowest BCUT2D eigenvalue weighted by Crippen LogP contribution is -2.23. The van der Waals surface area contributed by atoms with Crippen LogP contribution in [-0.2, 0) is 9.59 Å². The van der Waals surface area contributed by atoms with E-state index in [1.807, 2.05) is 36.4 Å². The van der Waals surface area contributed by atoms with Gasteiger partial charge in [-0.15, -0.1) is 0 Å². The topological polar surface area (TPSA) is 58.6 Å². The number of amides is 2. The van der Waals surface area contributed by atoms with Crippen molar-refractivity contribution < 1.29 is 14.3 Å². The molecule has 1 aliphatic rings. The first-order chi connectivity index (χ1) is 12.5. The van der Waals surface area contributed by atoms with Gasteiger partial charge in [0.05, 0.1) is 0 Å². The molecule has 0 saturated carbocycles. The van der Waals surface area contributed by atoms with Crippen molar-refractivity contribution in [2.75, 3.05) is 23.4 Å². The molecule has 1 saturated heterocycles. The normalized spacial score (nSPS) is 14.0. The zero-order chi connectivity index (χ0) is 18.5. The molecule has 5 nitrogen and oxygen atoms in total. The molecule has 0 unspecified atom stereocenters. The summed E-state index contributed by atoms with van der Waals surface area (Å²) in [6.45, 7) is 4.94. The van der Waals surface area contributed by atoms with Crippen LogP contribution in [0.15, 0.2) is 48.5 Å². The fourth-order valence-corrected chi connectivity index (χ4v) is 2.96. The molecule has 2 aromatic carbocycles. The SMILES string of the molecule is CC(C)c1cccc(OCC(=O)Nc2ccc(N3CCCC3=O)cc2)c1. The van der Waals surface area contributed by atoms with Crippen LogP contribution in [-0.4, -0.2) is 25.0 Å². The van der Waals surface area contributed by atoms with Gasteiger partial charge in [0, 0.05) is 24.3 Å². The van der Waals surface area contributed by atoms with Gasteiger partial charge in [0.15, 0.2) is 6.61 Å². The summed E-state index contributed by atoms with van der Waals surface area (Å²) >= 11 is 0. The van der Waals surface area contributed by atoms with Gasteiger partial charge in [-0.25, -0.2) is 0 Å². The Labute approximate surface area is 154 Å². The van der Waals surface area contributed by atoms with Crippen molar-refractivity contribution in [3.05, 3.63) is 54.1 Å². The monoisotopic (exact) mass is 352 g/mol. The second kappa shape index (κ2) is 8.04. The van der Waals surface area contributed by atoms with Crippen molar-refractivity contribution in [1.29, 1.82) is 0 Å². The van der Waals surface area contributed by atoms with E-state index in [4.69, 9.17) is 4.74 Å². The number of nitrogens with zero attached hydrogens (tertiary/aromatic N) is 1. The van der Waals surface area contributed by atoms with Crippen LogP contribution in [0.4, 0.5) is 11.4 Å². The van der Waals surface area contributed by atoms with Crippen LogP contribution in [0.1, 0.15) is 38.2 Å². The first kappa shape index (κ1) is 18.0. The zero-order valence-electron chi connectivity index (χ0n) is 15.2. The number of hydrogen-bond donors (Lipinski definition) is 1. The van der Waals surface area contributed by atoms with E-state index in [1.54, 1.807) is 17.0 Å². The standard InChI is InChI=1S/C21H24N2O3/c1-15(2)16-5-3-6-19(13-16)26-14-20(24)22-17-8-10-18(11-9-17)23-12-4-7-21(23)25/h3,5-6,8-11,13,15H,4,7,12,14H2,1-2H3,(H,22,24). The number of nitrogens with one attached hydrogen (secondary N) is 1. The molecule has 1 N–H and O–H groups in total. The molecule has 0 bridgehead atoms. The summed E-state index contributed by atoms with van der Waals surface area (Å²) in [5.41, 5.74) is 2.73. The Hall–Kier alpha value is -2.82. The number of carbonyl (C=O) groups is 2. The highest BCUT2D eigenvalue weighted by Gasteiger charge is 2.21. The molecular formula is C21H24N2O3. The van der Waals surface area contributed by atoms with Crippen molar-refractivity contribution in [2.24, 2.45) is 0 Å². The molecule has 26 heavy (non-hydrogen) atoms. The molecule has 3 rings (SSSR count). The number of anilines is 2. The van der Waals surface area contributed by atoms with Gasteiger partial charge in [0.25, 0.3) is 5.91 Å². The van der Waals surface area contributed by atoms with Gasteiger partial charge in [-0.1, -0.05) is 26.0 Å². The van der Waals surface area contributed by atoms with Gasteiger partial charge in [0.2, 0.25) is 5.91 Å². The van der Waals surface area contributed by atoms with Gasteiger partial charge < -0.3 is 15.0 Å². The average molecular weight is 352 g/mol. The maximum atomic E-state index is 12.1. The van der Waals surface area contributed by atoms with Crippen LogP contribution >= 0.6 is 0 Å². The smallest absolute Gasteiger partial charge is 0.262 e. The van der Waals surface area contributed by atoms with E-state index in [0.29, 0.717) is 23.8 Å². The summed E-state index contributed by atoms with van der Waals surface area (Å²) in [4.78, 5) is 25.6.